The Morgan fingerprint density at radius 1 is 0.612 bits per heavy atom. The second kappa shape index (κ2) is 11.6. The summed E-state index contributed by atoms with van der Waals surface area (Å²) < 4.78 is 92.3. The normalized spacial score (nSPS) is 13.3. The summed E-state index contributed by atoms with van der Waals surface area (Å²) in [5, 5.41) is 20.6. The third-order valence-corrected chi connectivity index (χ3v) is 6.84. The molecule has 0 saturated heterocycles. The number of hydrogen-bond donors (Lipinski definition) is 2. The highest BCUT2D eigenvalue weighted by Crippen LogP contribution is 2.65. The Morgan fingerprint density at radius 2 is 1.00 bits per heavy atom. The highest BCUT2D eigenvalue weighted by Gasteiger charge is 2.62. The molecule has 15 nitrogen and oxygen atoms in total. The van der Waals surface area contributed by atoms with Crippen molar-refractivity contribution in [2.24, 2.45) is 0 Å². The molecule has 0 atom stereocenters. The van der Waals surface area contributed by atoms with E-state index in [2.05, 4.69) is 0 Å². The summed E-state index contributed by atoms with van der Waals surface area (Å²) >= 11 is 0. The molecule has 1 spiro atoms. The molecule has 0 amide bonds. The molecule has 5 rings (SSSR count). The minimum Gasteiger partial charge on any atom is -0.478 e. The van der Waals surface area contributed by atoms with Crippen LogP contribution in [0.2, 0.25) is 0 Å². The first-order valence-electron chi connectivity index (χ1n) is 13.2. The lowest BCUT2D eigenvalue weighted by atomic mass is 9.73. The van der Waals surface area contributed by atoms with E-state index in [4.69, 9.17) is 28.4 Å². The summed E-state index contributed by atoms with van der Waals surface area (Å²) in [6.07, 6.45) is 0. The van der Waals surface area contributed by atoms with Gasteiger partial charge in [0, 0.05) is 39.8 Å². The predicted octanol–water partition coefficient (Wildman–Crippen LogP) is 3.91. The Morgan fingerprint density at radius 3 is 1.37 bits per heavy atom. The SMILES string of the molecule is CC(=O)Oc1cc(C(=O)O)c2c(c1OC(C)=O)Oc1c(OC(C)=O)c(OC(C)=O)cc(C(=O)O)c1C21OC(=O)c2c(F)c(F)c(F)c(F)c21. The molecule has 0 radical (unpaired) electrons. The van der Waals surface area contributed by atoms with E-state index in [-0.39, 0.29) is 0 Å². The number of hydrogen-bond acceptors (Lipinski definition) is 13. The van der Waals surface area contributed by atoms with Gasteiger partial charge in [0.2, 0.25) is 17.1 Å². The van der Waals surface area contributed by atoms with Crippen molar-refractivity contribution in [1.82, 2.24) is 0 Å². The van der Waals surface area contributed by atoms with Crippen LogP contribution in [0, 0.1) is 23.3 Å². The van der Waals surface area contributed by atoms with Crippen LogP contribution in [-0.4, -0.2) is 52.0 Å². The topological polar surface area (TPSA) is 215 Å². The van der Waals surface area contributed by atoms with Gasteiger partial charge in [-0.2, -0.15) is 0 Å². The quantitative estimate of drug-likeness (QED) is 0.123. The molecule has 0 unspecified atom stereocenters. The Kier molecular flexibility index (Phi) is 8.02. The number of carboxylic acids is 2. The largest absolute Gasteiger partial charge is 0.478 e. The zero-order valence-electron chi connectivity index (χ0n) is 24.9. The number of benzene rings is 3. The van der Waals surface area contributed by atoms with E-state index in [1.54, 1.807) is 0 Å². The average Bonchev–Trinajstić information content (AvgIpc) is 3.28. The molecule has 0 bridgehead atoms. The first kappa shape index (κ1) is 33.8. The maximum Gasteiger partial charge on any atom is 0.343 e. The lowest BCUT2D eigenvalue weighted by Crippen LogP contribution is -2.38. The fraction of sp³-hybridized carbons (Fsp3) is 0.167. The first-order valence-corrected chi connectivity index (χ1v) is 13.2. The van der Waals surface area contributed by atoms with Gasteiger partial charge in [-0.3, -0.25) is 19.2 Å². The van der Waals surface area contributed by atoms with Crippen molar-refractivity contribution >= 4 is 41.8 Å². The summed E-state index contributed by atoms with van der Waals surface area (Å²) in [5.74, 6) is -27.1. The molecule has 2 heterocycles. The van der Waals surface area contributed by atoms with Gasteiger partial charge in [-0.15, -0.1) is 0 Å². The van der Waals surface area contributed by atoms with Gasteiger partial charge in [0.25, 0.3) is 0 Å². The number of ether oxygens (including phenoxy) is 6. The number of carbonyl (C=O) groups is 7. The van der Waals surface area contributed by atoms with Gasteiger partial charge in [0.1, 0.15) is 5.56 Å². The molecule has 3 aromatic carbocycles. The second-order valence-electron chi connectivity index (χ2n) is 10.1. The van der Waals surface area contributed by atoms with Crippen molar-refractivity contribution in [2.45, 2.75) is 33.3 Å². The van der Waals surface area contributed by atoms with Crippen LogP contribution in [0.3, 0.4) is 0 Å². The molecule has 19 heteroatoms. The van der Waals surface area contributed by atoms with Crippen LogP contribution >= 0.6 is 0 Å². The molecule has 254 valence electrons. The standard InChI is InChI=1S/C30H16F4O15/c1-7(35)44-13-5-11(27(39)40)16-25(23(13)46-9(3)37)48-26-17(12(28(41)42)6-14(45-8(2)36)24(26)47-10(4)38)30(16)18-15(29(43)49-30)19(31)21(33)22(34)20(18)32/h5-6H,1-4H3,(H,39,40)(H,41,42). The molecule has 49 heavy (non-hydrogen) atoms. The van der Waals surface area contributed by atoms with Gasteiger partial charge in [0.05, 0.1) is 27.8 Å². The highest BCUT2D eigenvalue weighted by molar-refractivity contribution is 6.03. The fourth-order valence-electron chi connectivity index (χ4n) is 5.38. The van der Waals surface area contributed by atoms with E-state index in [9.17, 15) is 48.2 Å². The molecule has 2 aliphatic rings. The van der Waals surface area contributed by atoms with Gasteiger partial charge in [-0.1, -0.05) is 0 Å². The molecule has 0 aliphatic carbocycles. The summed E-state index contributed by atoms with van der Waals surface area (Å²) in [4.78, 5) is 87.4. The van der Waals surface area contributed by atoms with Crippen molar-refractivity contribution in [3.63, 3.8) is 0 Å². The molecule has 0 fully saturated rings. The maximum absolute atomic E-state index is 16.1. The van der Waals surface area contributed by atoms with Crippen molar-refractivity contribution < 1.29 is 89.8 Å². The van der Waals surface area contributed by atoms with Crippen LogP contribution in [0.15, 0.2) is 12.1 Å². The van der Waals surface area contributed by atoms with E-state index < -0.39 is 139 Å². The number of rotatable bonds is 6. The number of carboxylic acid groups (broad SMARTS) is 2. The molecular formula is C30H16F4O15. The monoisotopic (exact) mass is 692 g/mol. The van der Waals surface area contributed by atoms with Gasteiger partial charge in [0.15, 0.2) is 46.3 Å². The molecule has 2 aliphatic heterocycles. The van der Waals surface area contributed by atoms with Gasteiger partial charge >= 0.3 is 41.8 Å². The number of aromatic carboxylic acids is 2. The molecular weight excluding hydrogens is 676 g/mol. The Labute approximate surface area is 268 Å². The van der Waals surface area contributed by atoms with E-state index in [1.807, 2.05) is 0 Å². The van der Waals surface area contributed by atoms with E-state index >= 15 is 13.2 Å². The van der Waals surface area contributed by atoms with Gasteiger partial charge in [-0.25, -0.2) is 31.9 Å². The third kappa shape index (κ3) is 5.11. The highest BCUT2D eigenvalue weighted by atomic mass is 19.2. The van der Waals surface area contributed by atoms with E-state index in [0.717, 1.165) is 27.7 Å². The average molecular weight is 692 g/mol. The summed E-state index contributed by atoms with van der Waals surface area (Å²) in [5.41, 5.74) is -11.7. The van der Waals surface area contributed by atoms with Crippen molar-refractivity contribution in [1.29, 1.82) is 0 Å². The van der Waals surface area contributed by atoms with Gasteiger partial charge in [-0.05, 0) is 0 Å². The van der Waals surface area contributed by atoms with Crippen molar-refractivity contribution in [2.75, 3.05) is 0 Å². The molecule has 2 N–H and O–H groups in total. The molecule has 3 aromatic rings. The summed E-state index contributed by atoms with van der Waals surface area (Å²) in [6, 6.07) is 0.912. The lowest BCUT2D eigenvalue weighted by Gasteiger charge is -2.39. The van der Waals surface area contributed by atoms with Crippen LogP contribution in [0.5, 0.6) is 34.5 Å². The van der Waals surface area contributed by atoms with Gasteiger partial charge < -0.3 is 38.6 Å². The summed E-state index contributed by atoms with van der Waals surface area (Å²) in [7, 11) is 0. The molecule has 0 saturated carbocycles. The van der Waals surface area contributed by atoms with E-state index in [0.29, 0.717) is 12.1 Å². The Hall–Kier alpha value is -6.53. The van der Waals surface area contributed by atoms with Crippen molar-refractivity contribution in [3.8, 4) is 34.5 Å². The van der Waals surface area contributed by atoms with Crippen LogP contribution < -0.4 is 23.7 Å². The molecule has 0 aromatic heterocycles. The maximum atomic E-state index is 16.1. The minimum atomic E-state index is -3.55. The van der Waals surface area contributed by atoms with E-state index in [1.165, 1.54) is 0 Å². The Balaban J connectivity index is 2.17. The number of esters is 5. The van der Waals surface area contributed by atoms with Crippen LogP contribution in [0.25, 0.3) is 0 Å². The zero-order valence-corrected chi connectivity index (χ0v) is 24.9. The third-order valence-electron chi connectivity index (χ3n) is 6.84. The number of carbonyl (C=O) groups excluding carboxylic acids is 5. The van der Waals surface area contributed by atoms with Crippen LogP contribution in [0.4, 0.5) is 17.6 Å². The fourth-order valence-corrected chi connectivity index (χ4v) is 5.38. The number of halogens is 4. The smallest absolute Gasteiger partial charge is 0.343 e. The summed E-state index contributed by atoms with van der Waals surface area (Å²) in [6.45, 7) is 3.21. The first-order chi connectivity index (χ1) is 22.8. The number of fused-ring (bicyclic) bond motifs is 6. The van der Waals surface area contributed by atoms with Crippen molar-refractivity contribution in [3.05, 3.63) is 68.8 Å². The Bertz CT molecular complexity index is 2020. The van der Waals surface area contributed by atoms with Crippen LogP contribution in [0.1, 0.15) is 75.5 Å². The zero-order chi connectivity index (χ0) is 36.4. The lowest BCUT2D eigenvalue weighted by molar-refractivity contribution is -0.134. The van der Waals surface area contributed by atoms with Crippen LogP contribution in [-0.2, 0) is 29.5 Å². The predicted molar refractivity (Wildman–Crippen MR) is 144 cm³/mol. The minimum absolute atomic E-state index is 0.456. The second-order valence-corrected chi connectivity index (χ2v) is 10.1.